The normalized spacial score (nSPS) is 30.8. The van der Waals surface area contributed by atoms with Crippen LogP contribution in [0.1, 0.15) is 42.9 Å². The minimum Gasteiger partial charge on any atom is -0.311 e. The molecule has 1 aliphatic rings. The highest BCUT2D eigenvalue weighted by atomic mass is 15.0. The standard InChI is InChI=1S/C14H21N/c1-9-6-5-7-10(2)14(9)13-8-11(3)15-12(13)4/h5-7,11-13,15H,8H2,1-4H3. The third-order valence-electron chi connectivity index (χ3n) is 3.67. The maximum Gasteiger partial charge on any atom is 0.0111 e. The predicted octanol–water partition coefficient (Wildman–Crippen LogP) is 3.16. The van der Waals surface area contributed by atoms with Crippen molar-refractivity contribution in [2.24, 2.45) is 0 Å². The monoisotopic (exact) mass is 203 g/mol. The molecule has 1 aliphatic heterocycles. The first-order chi connectivity index (χ1) is 7.09. The van der Waals surface area contributed by atoms with Crippen LogP contribution in [-0.2, 0) is 0 Å². The summed E-state index contributed by atoms with van der Waals surface area (Å²) in [4.78, 5) is 0. The van der Waals surface area contributed by atoms with Crippen molar-refractivity contribution >= 4 is 0 Å². The van der Waals surface area contributed by atoms with Crippen LogP contribution in [0.15, 0.2) is 18.2 Å². The van der Waals surface area contributed by atoms with E-state index in [2.05, 4.69) is 51.2 Å². The Morgan fingerprint density at radius 2 is 1.73 bits per heavy atom. The molecule has 1 N–H and O–H groups in total. The Labute approximate surface area is 92.9 Å². The molecule has 1 saturated heterocycles. The van der Waals surface area contributed by atoms with Crippen molar-refractivity contribution in [2.75, 3.05) is 0 Å². The summed E-state index contributed by atoms with van der Waals surface area (Å²) in [5.74, 6) is 0.696. The average Bonchev–Trinajstić information content (AvgIpc) is 2.45. The van der Waals surface area contributed by atoms with Crippen LogP contribution in [-0.4, -0.2) is 12.1 Å². The van der Waals surface area contributed by atoms with E-state index in [1.54, 1.807) is 5.56 Å². The van der Waals surface area contributed by atoms with Crippen LogP contribution in [0.5, 0.6) is 0 Å². The van der Waals surface area contributed by atoms with Crippen LogP contribution in [0.25, 0.3) is 0 Å². The van der Waals surface area contributed by atoms with Gasteiger partial charge in [0.05, 0.1) is 0 Å². The van der Waals surface area contributed by atoms with E-state index in [9.17, 15) is 0 Å². The molecule has 3 atom stereocenters. The zero-order valence-corrected chi connectivity index (χ0v) is 10.2. The smallest absolute Gasteiger partial charge is 0.0111 e. The summed E-state index contributed by atoms with van der Waals surface area (Å²) in [7, 11) is 0. The van der Waals surface area contributed by atoms with Gasteiger partial charge in [0.25, 0.3) is 0 Å². The molecule has 15 heavy (non-hydrogen) atoms. The molecule has 1 heteroatoms. The maximum atomic E-state index is 3.62. The van der Waals surface area contributed by atoms with Gasteiger partial charge in [-0.05, 0) is 50.8 Å². The van der Waals surface area contributed by atoms with Gasteiger partial charge < -0.3 is 5.32 Å². The summed E-state index contributed by atoms with van der Waals surface area (Å²) in [6.45, 7) is 9.06. The molecular formula is C14H21N. The molecule has 2 rings (SSSR count). The molecule has 0 spiro atoms. The van der Waals surface area contributed by atoms with Crippen molar-refractivity contribution in [3.63, 3.8) is 0 Å². The van der Waals surface area contributed by atoms with Gasteiger partial charge in [-0.2, -0.15) is 0 Å². The van der Waals surface area contributed by atoms with Crippen LogP contribution in [0, 0.1) is 13.8 Å². The van der Waals surface area contributed by atoms with Gasteiger partial charge >= 0.3 is 0 Å². The van der Waals surface area contributed by atoms with Gasteiger partial charge in [0.2, 0.25) is 0 Å². The van der Waals surface area contributed by atoms with Crippen LogP contribution < -0.4 is 5.32 Å². The Morgan fingerprint density at radius 1 is 1.13 bits per heavy atom. The lowest BCUT2D eigenvalue weighted by atomic mass is 9.86. The van der Waals surface area contributed by atoms with E-state index in [-0.39, 0.29) is 0 Å². The number of benzene rings is 1. The highest BCUT2D eigenvalue weighted by Crippen LogP contribution is 2.34. The quantitative estimate of drug-likeness (QED) is 0.739. The molecule has 1 aromatic rings. The lowest BCUT2D eigenvalue weighted by molar-refractivity contribution is 0.572. The first kappa shape index (κ1) is 10.7. The Hall–Kier alpha value is -0.820. The molecule has 1 fully saturated rings. The van der Waals surface area contributed by atoms with Gasteiger partial charge in [-0.1, -0.05) is 18.2 Å². The summed E-state index contributed by atoms with van der Waals surface area (Å²) >= 11 is 0. The van der Waals surface area contributed by atoms with E-state index in [1.807, 2.05) is 0 Å². The number of nitrogens with one attached hydrogen (secondary N) is 1. The second-order valence-corrected chi connectivity index (χ2v) is 5.00. The molecule has 0 saturated carbocycles. The van der Waals surface area contributed by atoms with Gasteiger partial charge in [-0.25, -0.2) is 0 Å². The average molecular weight is 203 g/mol. The molecule has 1 nitrogen and oxygen atoms in total. The van der Waals surface area contributed by atoms with E-state index in [0.29, 0.717) is 18.0 Å². The molecule has 0 aliphatic carbocycles. The minimum atomic E-state index is 0.611. The summed E-state index contributed by atoms with van der Waals surface area (Å²) in [6.07, 6.45) is 1.27. The van der Waals surface area contributed by atoms with Crippen molar-refractivity contribution in [3.05, 3.63) is 34.9 Å². The molecular weight excluding hydrogens is 182 g/mol. The predicted molar refractivity (Wildman–Crippen MR) is 65.3 cm³/mol. The van der Waals surface area contributed by atoms with Crippen molar-refractivity contribution in [3.8, 4) is 0 Å². The molecule has 0 aromatic heterocycles. The minimum absolute atomic E-state index is 0.611. The second kappa shape index (κ2) is 3.97. The van der Waals surface area contributed by atoms with Gasteiger partial charge in [-0.15, -0.1) is 0 Å². The molecule has 82 valence electrons. The summed E-state index contributed by atoms with van der Waals surface area (Å²) in [6, 6.07) is 7.89. The van der Waals surface area contributed by atoms with Crippen molar-refractivity contribution < 1.29 is 0 Å². The fourth-order valence-corrected chi connectivity index (χ4v) is 3.00. The number of hydrogen-bond acceptors (Lipinski definition) is 1. The van der Waals surface area contributed by atoms with Gasteiger partial charge in [0.15, 0.2) is 0 Å². The van der Waals surface area contributed by atoms with E-state index in [1.165, 1.54) is 17.5 Å². The third kappa shape index (κ3) is 1.93. The highest BCUT2D eigenvalue weighted by molar-refractivity contribution is 5.38. The maximum absolute atomic E-state index is 3.62. The summed E-state index contributed by atoms with van der Waals surface area (Å²) in [5, 5.41) is 3.62. The molecule has 1 aromatic carbocycles. The first-order valence-corrected chi connectivity index (χ1v) is 5.91. The fourth-order valence-electron chi connectivity index (χ4n) is 3.00. The first-order valence-electron chi connectivity index (χ1n) is 5.91. The SMILES string of the molecule is Cc1cccc(C)c1C1CC(C)NC1C. The van der Waals surface area contributed by atoms with Gasteiger partial charge in [0, 0.05) is 18.0 Å². The second-order valence-electron chi connectivity index (χ2n) is 5.00. The zero-order chi connectivity index (χ0) is 11.0. The van der Waals surface area contributed by atoms with E-state index >= 15 is 0 Å². The van der Waals surface area contributed by atoms with Crippen LogP contribution in [0.4, 0.5) is 0 Å². The molecule has 0 bridgehead atoms. The number of rotatable bonds is 1. The largest absolute Gasteiger partial charge is 0.311 e. The summed E-state index contributed by atoms with van der Waals surface area (Å²) < 4.78 is 0. The molecule has 0 amide bonds. The highest BCUT2D eigenvalue weighted by Gasteiger charge is 2.30. The molecule has 1 heterocycles. The van der Waals surface area contributed by atoms with Crippen molar-refractivity contribution in [2.45, 2.75) is 52.1 Å². The van der Waals surface area contributed by atoms with E-state index in [0.717, 1.165) is 0 Å². The van der Waals surface area contributed by atoms with Gasteiger partial charge in [-0.3, -0.25) is 0 Å². The van der Waals surface area contributed by atoms with Crippen LogP contribution in [0.3, 0.4) is 0 Å². The lowest BCUT2D eigenvalue weighted by Crippen LogP contribution is -2.26. The van der Waals surface area contributed by atoms with Crippen molar-refractivity contribution in [1.82, 2.24) is 5.32 Å². The Morgan fingerprint density at radius 3 is 2.20 bits per heavy atom. The van der Waals surface area contributed by atoms with Crippen LogP contribution >= 0.6 is 0 Å². The topological polar surface area (TPSA) is 12.0 Å². The fraction of sp³-hybridized carbons (Fsp3) is 0.571. The number of hydrogen-bond donors (Lipinski definition) is 1. The van der Waals surface area contributed by atoms with Gasteiger partial charge in [0.1, 0.15) is 0 Å². The van der Waals surface area contributed by atoms with Crippen LogP contribution in [0.2, 0.25) is 0 Å². The summed E-state index contributed by atoms with van der Waals surface area (Å²) in [5.41, 5.74) is 4.47. The van der Waals surface area contributed by atoms with E-state index < -0.39 is 0 Å². The molecule has 3 unspecified atom stereocenters. The lowest BCUT2D eigenvalue weighted by Gasteiger charge is -2.20. The zero-order valence-electron chi connectivity index (χ0n) is 10.2. The Bertz CT molecular complexity index is 336. The third-order valence-corrected chi connectivity index (χ3v) is 3.67. The van der Waals surface area contributed by atoms with E-state index in [4.69, 9.17) is 0 Å². The Balaban J connectivity index is 2.37. The van der Waals surface area contributed by atoms with Crippen molar-refractivity contribution in [1.29, 1.82) is 0 Å². The molecule has 0 radical (unpaired) electrons. The number of aryl methyl sites for hydroxylation is 2. The Kier molecular flexibility index (Phi) is 2.83.